The highest BCUT2D eigenvalue weighted by atomic mass is 31.2. The standard InChI is InChI=1S/C21H22N5O2P/c1-16(12-26-14-25-19-20(22)23-13-24-21(19)26)28-15-29(27,17-8-4-2-5-9-17)18-10-6-3-7-11-18/h2-11,13-14,16H,12,15H2,1H3,(H2,22,23,24)/t16-/m1/s1. The predicted octanol–water partition coefficient (Wildman–Crippen LogP) is 2.79. The fourth-order valence-electron chi connectivity index (χ4n) is 3.23. The normalized spacial score (nSPS) is 12.9. The van der Waals surface area contributed by atoms with E-state index in [-0.39, 0.29) is 12.5 Å². The number of rotatable bonds is 7. The molecular weight excluding hydrogens is 385 g/mol. The maximum atomic E-state index is 14.0. The molecule has 0 saturated carbocycles. The number of nitrogen functional groups attached to an aromatic ring is 1. The zero-order valence-electron chi connectivity index (χ0n) is 16.0. The van der Waals surface area contributed by atoms with Crippen LogP contribution in [0.2, 0.25) is 0 Å². The number of ether oxygens (including phenoxy) is 1. The average Bonchev–Trinajstić information content (AvgIpc) is 3.17. The van der Waals surface area contributed by atoms with Crippen LogP contribution in [0.25, 0.3) is 11.2 Å². The highest BCUT2D eigenvalue weighted by Crippen LogP contribution is 2.43. The van der Waals surface area contributed by atoms with Crippen LogP contribution in [-0.2, 0) is 15.8 Å². The molecule has 0 amide bonds. The number of aromatic nitrogens is 4. The number of imidazole rings is 1. The van der Waals surface area contributed by atoms with Crippen molar-refractivity contribution in [1.82, 2.24) is 19.5 Å². The van der Waals surface area contributed by atoms with Gasteiger partial charge >= 0.3 is 0 Å². The lowest BCUT2D eigenvalue weighted by atomic mass is 10.4. The third-order valence-electron chi connectivity index (χ3n) is 4.77. The Balaban J connectivity index is 1.54. The van der Waals surface area contributed by atoms with Gasteiger partial charge in [0, 0.05) is 10.6 Å². The first-order chi connectivity index (χ1) is 14.1. The van der Waals surface area contributed by atoms with Crippen LogP contribution >= 0.6 is 7.14 Å². The second-order valence-electron chi connectivity index (χ2n) is 6.85. The van der Waals surface area contributed by atoms with E-state index in [1.54, 1.807) is 6.33 Å². The third kappa shape index (κ3) is 3.92. The molecule has 2 heterocycles. The van der Waals surface area contributed by atoms with Crippen LogP contribution in [0.15, 0.2) is 73.3 Å². The molecule has 8 heteroatoms. The van der Waals surface area contributed by atoms with E-state index in [0.29, 0.717) is 23.5 Å². The molecule has 0 radical (unpaired) electrons. The monoisotopic (exact) mass is 407 g/mol. The van der Waals surface area contributed by atoms with Crippen LogP contribution in [0.1, 0.15) is 6.92 Å². The average molecular weight is 407 g/mol. The number of fused-ring (bicyclic) bond motifs is 1. The molecule has 0 fully saturated rings. The molecule has 0 bridgehead atoms. The molecule has 2 aromatic heterocycles. The Morgan fingerprint density at radius 2 is 1.62 bits per heavy atom. The summed E-state index contributed by atoms with van der Waals surface area (Å²) in [6.07, 6.45) is 3.00. The van der Waals surface area contributed by atoms with Crippen LogP contribution in [0.3, 0.4) is 0 Å². The molecule has 2 aromatic carbocycles. The van der Waals surface area contributed by atoms with Crippen molar-refractivity contribution in [2.75, 3.05) is 12.1 Å². The van der Waals surface area contributed by atoms with E-state index in [0.717, 1.165) is 10.6 Å². The molecule has 29 heavy (non-hydrogen) atoms. The van der Waals surface area contributed by atoms with Crippen molar-refractivity contribution in [3.63, 3.8) is 0 Å². The fraction of sp³-hybridized carbons (Fsp3) is 0.190. The Bertz CT molecular complexity index is 1100. The van der Waals surface area contributed by atoms with Crippen molar-refractivity contribution in [3.8, 4) is 0 Å². The van der Waals surface area contributed by atoms with Gasteiger partial charge in [0.25, 0.3) is 0 Å². The van der Waals surface area contributed by atoms with Crippen molar-refractivity contribution >= 4 is 34.7 Å². The van der Waals surface area contributed by atoms with Gasteiger partial charge in [-0.2, -0.15) is 0 Å². The Hall–Kier alpha value is -3.02. The minimum Gasteiger partial charge on any atom is -0.382 e. The molecule has 0 aliphatic heterocycles. The number of hydrogen-bond donors (Lipinski definition) is 1. The van der Waals surface area contributed by atoms with Gasteiger partial charge < -0.3 is 19.6 Å². The molecule has 0 aliphatic carbocycles. The van der Waals surface area contributed by atoms with Gasteiger partial charge in [-0.15, -0.1) is 0 Å². The van der Waals surface area contributed by atoms with Crippen LogP contribution in [-0.4, -0.2) is 32.0 Å². The molecular formula is C21H22N5O2P. The first kappa shape index (κ1) is 19.3. The summed E-state index contributed by atoms with van der Waals surface area (Å²) in [6.45, 7) is 2.45. The van der Waals surface area contributed by atoms with Crippen LogP contribution in [0, 0.1) is 0 Å². The smallest absolute Gasteiger partial charge is 0.167 e. The summed E-state index contributed by atoms with van der Waals surface area (Å²) in [5, 5.41) is 1.57. The first-order valence-corrected chi connectivity index (χ1v) is 11.2. The number of hydrogen-bond acceptors (Lipinski definition) is 6. The van der Waals surface area contributed by atoms with Gasteiger partial charge in [-0.3, -0.25) is 0 Å². The molecule has 1 atom stereocenters. The Kier molecular flexibility index (Phi) is 5.43. The third-order valence-corrected chi connectivity index (χ3v) is 7.55. The van der Waals surface area contributed by atoms with Crippen molar-refractivity contribution in [3.05, 3.63) is 73.3 Å². The SMILES string of the molecule is C[C@H](Cn1cnc2c(N)ncnc21)OCP(=O)(c1ccccc1)c1ccccc1. The molecule has 0 unspecified atom stereocenters. The number of nitrogens with two attached hydrogens (primary N) is 1. The van der Waals surface area contributed by atoms with Crippen molar-refractivity contribution < 1.29 is 9.30 Å². The largest absolute Gasteiger partial charge is 0.382 e. The van der Waals surface area contributed by atoms with Crippen LogP contribution in [0.4, 0.5) is 5.82 Å². The van der Waals surface area contributed by atoms with E-state index >= 15 is 0 Å². The number of nitrogens with zero attached hydrogens (tertiary/aromatic N) is 4. The van der Waals surface area contributed by atoms with Crippen LogP contribution in [0.5, 0.6) is 0 Å². The van der Waals surface area contributed by atoms with Crippen molar-refractivity contribution in [2.24, 2.45) is 0 Å². The summed E-state index contributed by atoms with van der Waals surface area (Å²) < 4.78 is 22.0. The fourth-order valence-corrected chi connectivity index (χ4v) is 5.60. The van der Waals surface area contributed by atoms with E-state index in [4.69, 9.17) is 10.5 Å². The second-order valence-corrected chi connectivity index (χ2v) is 9.62. The Morgan fingerprint density at radius 1 is 1.00 bits per heavy atom. The lowest BCUT2D eigenvalue weighted by Crippen LogP contribution is -2.24. The lowest BCUT2D eigenvalue weighted by molar-refractivity contribution is 0.0877. The van der Waals surface area contributed by atoms with E-state index < -0.39 is 7.14 Å². The van der Waals surface area contributed by atoms with E-state index in [9.17, 15) is 4.57 Å². The zero-order valence-corrected chi connectivity index (χ0v) is 16.9. The van der Waals surface area contributed by atoms with Gasteiger partial charge in [-0.1, -0.05) is 60.7 Å². The Labute approximate surface area is 169 Å². The first-order valence-electron chi connectivity index (χ1n) is 9.31. The number of anilines is 1. The van der Waals surface area contributed by atoms with Gasteiger partial charge in [0.05, 0.1) is 19.0 Å². The molecule has 4 aromatic rings. The maximum Gasteiger partial charge on any atom is 0.167 e. The highest BCUT2D eigenvalue weighted by Gasteiger charge is 2.28. The molecule has 0 aliphatic rings. The summed E-state index contributed by atoms with van der Waals surface area (Å²) in [6, 6.07) is 19.0. The minimum atomic E-state index is -2.92. The second kappa shape index (κ2) is 8.15. The molecule has 0 saturated heterocycles. The van der Waals surface area contributed by atoms with E-state index in [1.807, 2.05) is 72.2 Å². The summed E-state index contributed by atoms with van der Waals surface area (Å²) >= 11 is 0. The Morgan fingerprint density at radius 3 is 2.24 bits per heavy atom. The van der Waals surface area contributed by atoms with Crippen LogP contribution < -0.4 is 16.3 Å². The summed E-state index contributed by atoms with van der Waals surface area (Å²) in [5.41, 5.74) is 7.07. The lowest BCUT2D eigenvalue weighted by Gasteiger charge is -2.22. The minimum absolute atomic E-state index is 0.117. The molecule has 0 spiro atoms. The summed E-state index contributed by atoms with van der Waals surface area (Å²) in [7, 11) is -2.92. The summed E-state index contributed by atoms with van der Waals surface area (Å²) in [5.74, 6) is 0.347. The number of benzene rings is 2. The van der Waals surface area contributed by atoms with Gasteiger partial charge in [-0.25, -0.2) is 15.0 Å². The van der Waals surface area contributed by atoms with Crippen molar-refractivity contribution in [1.29, 1.82) is 0 Å². The van der Waals surface area contributed by atoms with Gasteiger partial charge in [0.15, 0.2) is 18.6 Å². The van der Waals surface area contributed by atoms with Gasteiger partial charge in [0.2, 0.25) is 0 Å². The summed E-state index contributed by atoms with van der Waals surface area (Å²) in [4.78, 5) is 12.5. The van der Waals surface area contributed by atoms with E-state index in [1.165, 1.54) is 6.33 Å². The topological polar surface area (TPSA) is 95.9 Å². The molecule has 7 nitrogen and oxygen atoms in total. The quantitative estimate of drug-likeness (QED) is 0.473. The maximum absolute atomic E-state index is 14.0. The molecule has 148 valence electrons. The highest BCUT2D eigenvalue weighted by molar-refractivity contribution is 7.78. The van der Waals surface area contributed by atoms with E-state index in [2.05, 4.69) is 15.0 Å². The van der Waals surface area contributed by atoms with Gasteiger partial charge in [-0.05, 0) is 6.92 Å². The predicted molar refractivity (Wildman–Crippen MR) is 115 cm³/mol. The van der Waals surface area contributed by atoms with Crippen molar-refractivity contribution in [2.45, 2.75) is 19.6 Å². The van der Waals surface area contributed by atoms with Gasteiger partial charge in [0.1, 0.15) is 18.2 Å². The molecule has 4 rings (SSSR count). The molecule has 2 N–H and O–H groups in total. The zero-order chi connectivity index (χ0) is 20.3.